The first kappa shape index (κ1) is 11.1. The van der Waals surface area contributed by atoms with Gasteiger partial charge in [0.05, 0.1) is 18.2 Å². The van der Waals surface area contributed by atoms with Gasteiger partial charge in [0.2, 0.25) is 0 Å². The van der Waals surface area contributed by atoms with Gasteiger partial charge in [-0.2, -0.15) is 0 Å². The molecule has 82 valence electrons. The minimum atomic E-state index is -1.02. The van der Waals surface area contributed by atoms with Gasteiger partial charge in [0.1, 0.15) is 0 Å². The Morgan fingerprint density at radius 1 is 1.80 bits per heavy atom. The molecule has 0 bridgehead atoms. The molecular weight excluding hydrogens is 204 g/mol. The Kier molecular flexibility index (Phi) is 3.34. The van der Waals surface area contributed by atoms with Crippen molar-refractivity contribution < 1.29 is 14.8 Å². The van der Waals surface area contributed by atoms with Crippen molar-refractivity contribution in [3.63, 3.8) is 0 Å². The zero-order valence-electron chi connectivity index (χ0n) is 7.71. The molecule has 15 heavy (non-hydrogen) atoms. The van der Waals surface area contributed by atoms with E-state index in [9.17, 15) is 14.9 Å². The third-order valence-electron chi connectivity index (χ3n) is 1.90. The molecule has 8 nitrogen and oxygen atoms in total. The average Bonchev–Trinajstić information content (AvgIpc) is 2.62. The van der Waals surface area contributed by atoms with Gasteiger partial charge in [-0.15, -0.1) is 5.10 Å². The molecule has 0 aliphatic carbocycles. The predicted molar refractivity (Wildman–Crippen MR) is 49.3 cm³/mol. The highest BCUT2D eigenvalue weighted by atomic mass is 16.6. The van der Waals surface area contributed by atoms with Crippen molar-refractivity contribution in [3.8, 4) is 0 Å². The number of nitrogens with two attached hydrogens (primary N) is 1. The first-order valence-electron chi connectivity index (χ1n) is 4.16. The van der Waals surface area contributed by atoms with E-state index < -0.39 is 16.8 Å². The Morgan fingerprint density at radius 2 is 2.47 bits per heavy atom. The maximum atomic E-state index is 10.5. The maximum absolute atomic E-state index is 10.5. The van der Waals surface area contributed by atoms with E-state index in [1.165, 1.54) is 6.07 Å². The van der Waals surface area contributed by atoms with Crippen LogP contribution in [0.5, 0.6) is 0 Å². The minimum absolute atomic E-state index is 0.0777. The normalized spacial score (nSPS) is 12.3. The number of aromatic amines is 1. The number of H-pyrrole nitrogens is 1. The first-order chi connectivity index (χ1) is 7.04. The van der Waals surface area contributed by atoms with E-state index in [0.29, 0.717) is 5.69 Å². The lowest BCUT2D eigenvalue weighted by molar-refractivity contribution is -0.389. The molecule has 0 spiro atoms. The van der Waals surface area contributed by atoms with Crippen LogP contribution in [-0.4, -0.2) is 32.7 Å². The summed E-state index contributed by atoms with van der Waals surface area (Å²) in [6.45, 7) is 0.0777. The molecule has 0 amide bonds. The van der Waals surface area contributed by atoms with Crippen LogP contribution in [0, 0.1) is 10.1 Å². The van der Waals surface area contributed by atoms with Crippen LogP contribution in [0.4, 0.5) is 5.82 Å². The highest BCUT2D eigenvalue weighted by molar-refractivity contribution is 5.68. The van der Waals surface area contributed by atoms with Crippen molar-refractivity contribution in [2.45, 2.75) is 12.3 Å². The predicted octanol–water partition coefficient (Wildman–Crippen LogP) is -0.165. The van der Waals surface area contributed by atoms with E-state index >= 15 is 0 Å². The standard InChI is InChI=1S/C7H10N4O4/c8-3-4(1-7(12)13)5-2-6(10-9-5)11(14)15/h2,4H,1,3,8H2,(H,9,10)(H,12,13). The van der Waals surface area contributed by atoms with Crippen LogP contribution in [-0.2, 0) is 4.79 Å². The number of aliphatic carboxylic acids is 1. The molecule has 0 saturated heterocycles. The molecule has 1 rings (SSSR count). The van der Waals surface area contributed by atoms with Crippen molar-refractivity contribution in [3.05, 3.63) is 21.9 Å². The van der Waals surface area contributed by atoms with Gasteiger partial charge in [0.15, 0.2) is 0 Å². The summed E-state index contributed by atoms with van der Waals surface area (Å²) in [5.74, 6) is -1.79. The van der Waals surface area contributed by atoms with Crippen molar-refractivity contribution in [2.24, 2.45) is 5.73 Å². The van der Waals surface area contributed by atoms with Crippen LogP contribution >= 0.6 is 0 Å². The van der Waals surface area contributed by atoms with E-state index in [4.69, 9.17) is 10.8 Å². The summed E-state index contributed by atoms with van der Waals surface area (Å²) in [6.07, 6.45) is -0.196. The van der Waals surface area contributed by atoms with Gasteiger partial charge in [-0.05, 0) is 4.92 Å². The molecular formula is C7H10N4O4. The average molecular weight is 214 g/mol. The third-order valence-corrected chi connectivity index (χ3v) is 1.90. The molecule has 0 aromatic carbocycles. The number of nitrogens with one attached hydrogen (secondary N) is 1. The van der Waals surface area contributed by atoms with Crippen LogP contribution in [0.15, 0.2) is 6.07 Å². The lowest BCUT2D eigenvalue weighted by Gasteiger charge is -2.06. The van der Waals surface area contributed by atoms with Crippen molar-refractivity contribution in [1.29, 1.82) is 0 Å². The second-order valence-corrected chi connectivity index (χ2v) is 2.97. The van der Waals surface area contributed by atoms with Gasteiger partial charge >= 0.3 is 11.8 Å². The number of aromatic nitrogens is 2. The molecule has 1 heterocycles. The molecule has 0 saturated carbocycles. The summed E-state index contributed by atoms with van der Waals surface area (Å²) in [6, 6.07) is 1.19. The molecule has 1 aromatic rings. The van der Waals surface area contributed by atoms with Gasteiger partial charge in [-0.1, -0.05) is 5.10 Å². The summed E-state index contributed by atoms with van der Waals surface area (Å²) in [5.41, 5.74) is 5.65. The highest BCUT2D eigenvalue weighted by Crippen LogP contribution is 2.19. The number of carboxylic acid groups (broad SMARTS) is 1. The number of rotatable bonds is 5. The van der Waals surface area contributed by atoms with Crippen LogP contribution in [0.25, 0.3) is 0 Å². The molecule has 0 aliphatic heterocycles. The molecule has 0 aliphatic rings. The number of nitro groups is 1. The quantitative estimate of drug-likeness (QED) is 0.460. The summed E-state index contributed by atoms with van der Waals surface area (Å²) in [4.78, 5) is 20.2. The molecule has 1 atom stereocenters. The van der Waals surface area contributed by atoms with E-state index in [1.54, 1.807) is 0 Å². The fourth-order valence-corrected chi connectivity index (χ4v) is 1.15. The summed E-state index contributed by atoms with van der Waals surface area (Å²) < 4.78 is 0. The second kappa shape index (κ2) is 4.51. The zero-order valence-corrected chi connectivity index (χ0v) is 7.71. The SMILES string of the molecule is NCC(CC(=O)O)c1cc([N+](=O)[O-])[nH]n1. The molecule has 0 fully saturated rings. The summed E-state index contributed by atoms with van der Waals surface area (Å²) in [5, 5.41) is 24.7. The fraction of sp³-hybridized carbons (Fsp3) is 0.429. The summed E-state index contributed by atoms with van der Waals surface area (Å²) in [7, 11) is 0. The smallest absolute Gasteiger partial charge is 0.342 e. The summed E-state index contributed by atoms with van der Waals surface area (Å²) >= 11 is 0. The number of hydrogen-bond donors (Lipinski definition) is 3. The number of carboxylic acids is 1. The largest absolute Gasteiger partial charge is 0.481 e. The number of carbonyl (C=O) groups is 1. The Bertz CT molecular complexity index is 375. The maximum Gasteiger partial charge on any atom is 0.342 e. The van der Waals surface area contributed by atoms with Gasteiger partial charge in [-0.3, -0.25) is 4.79 Å². The van der Waals surface area contributed by atoms with E-state index in [2.05, 4.69) is 10.2 Å². The van der Waals surface area contributed by atoms with Gasteiger partial charge < -0.3 is 21.0 Å². The van der Waals surface area contributed by atoms with Crippen molar-refractivity contribution in [2.75, 3.05) is 6.54 Å². The molecule has 0 radical (unpaired) electrons. The second-order valence-electron chi connectivity index (χ2n) is 2.97. The molecule has 4 N–H and O–H groups in total. The van der Waals surface area contributed by atoms with Gasteiger partial charge in [0, 0.05) is 12.5 Å². The minimum Gasteiger partial charge on any atom is -0.481 e. The Labute approximate surface area is 84.2 Å². The topological polar surface area (TPSA) is 135 Å². The van der Waals surface area contributed by atoms with E-state index in [1.807, 2.05) is 0 Å². The lowest BCUT2D eigenvalue weighted by atomic mass is 10.0. The number of hydrogen-bond acceptors (Lipinski definition) is 5. The Hall–Kier alpha value is -1.96. The lowest BCUT2D eigenvalue weighted by Crippen LogP contribution is -2.16. The van der Waals surface area contributed by atoms with Crippen LogP contribution in [0.1, 0.15) is 18.0 Å². The van der Waals surface area contributed by atoms with Crippen LogP contribution in [0.2, 0.25) is 0 Å². The van der Waals surface area contributed by atoms with Crippen molar-refractivity contribution in [1.82, 2.24) is 10.2 Å². The first-order valence-corrected chi connectivity index (χ1v) is 4.16. The monoisotopic (exact) mass is 214 g/mol. The van der Waals surface area contributed by atoms with Crippen molar-refractivity contribution >= 4 is 11.8 Å². The fourth-order valence-electron chi connectivity index (χ4n) is 1.15. The molecule has 1 unspecified atom stereocenters. The van der Waals surface area contributed by atoms with Gasteiger partial charge in [0.25, 0.3) is 0 Å². The molecule has 8 heteroatoms. The van der Waals surface area contributed by atoms with Crippen LogP contribution < -0.4 is 5.73 Å². The third kappa shape index (κ3) is 2.74. The Morgan fingerprint density at radius 3 is 2.87 bits per heavy atom. The van der Waals surface area contributed by atoms with Gasteiger partial charge in [-0.25, -0.2) is 0 Å². The zero-order chi connectivity index (χ0) is 11.4. The van der Waals surface area contributed by atoms with E-state index in [-0.39, 0.29) is 18.8 Å². The Balaban J connectivity index is 2.83. The highest BCUT2D eigenvalue weighted by Gasteiger charge is 2.20. The molecule has 1 aromatic heterocycles. The van der Waals surface area contributed by atoms with Crippen LogP contribution in [0.3, 0.4) is 0 Å². The number of nitrogens with zero attached hydrogens (tertiary/aromatic N) is 2. The van der Waals surface area contributed by atoms with E-state index in [0.717, 1.165) is 0 Å².